The zero-order chi connectivity index (χ0) is 26.2. The van der Waals surface area contributed by atoms with E-state index in [-0.39, 0.29) is 29.5 Å². The maximum atomic E-state index is 12.9. The van der Waals surface area contributed by atoms with Gasteiger partial charge in [-0.1, -0.05) is 50.7 Å². The van der Waals surface area contributed by atoms with Crippen LogP contribution in [0.3, 0.4) is 0 Å². The summed E-state index contributed by atoms with van der Waals surface area (Å²) in [4.78, 5) is 25.7. The van der Waals surface area contributed by atoms with Crippen LogP contribution >= 0.6 is 11.8 Å². The maximum Gasteiger partial charge on any atom is 0.251 e. The van der Waals surface area contributed by atoms with E-state index in [2.05, 4.69) is 27.8 Å². The fourth-order valence-electron chi connectivity index (χ4n) is 3.94. The molecule has 0 aliphatic heterocycles. The smallest absolute Gasteiger partial charge is 0.251 e. The molecular formula is C27H35N5O3S. The number of benzene rings is 2. The van der Waals surface area contributed by atoms with Crippen molar-refractivity contribution in [3.8, 4) is 5.75 Å². The Morgan fingerprint density at radius 3 is 2.42 bits per heavy atom. The van der Waals surface area contributed by atoms with Crippen LogP contribution in [0.25, 0.3) is 0 Å². The lowest BCUT2D eigenvalue weighted by Gasteiger charge is -2.22. The molecule has 0 saturated heterocycles. The first kappa shape index (κ1) is 27.3. The monoisotopic (exact) mass is 509 g/mol. The molecule has 3 aromatic rings. The molecule has 2 N–H and O–H groups in total. The van der Waals surface area contributed by atoms with E-state index in [1.807, 2.05) is 50.5 Å². The van der Waals surface area contributed by atoms with Crippen LogP contribution in [0, 0.1) is 12.8 Å². The molecule has 36 heavy (non-hydrogen) atoms. The number of aromatic nitrogens is 3. The van der Waals surface area contributed by atoms with E-state index >= 15 is 0 Å². The quantitative estimate of drug-likeness (QED) is 0.352. The van der Waals surface area contributed by atoms with Crippen molar-refractivity contribution >= 4 is 29.3 Å². The van der Waals surface area contributed by atoms with Gasteiger partial charge >= 0.3 is 0 Å². The topological polar surface area (TPSA) is 98.1 Å². The van der Waals surface area contributed by atoms with Crippen molar-refractivity contribution in [3.63, 3.8) is 0 Å². The minimum absolute atomic E-state index is 0.0800. The molecular weight excluding hydrogens is 474 g/mol. The number of hydrogen-bond acceptors (Lipinski definition) is 6. The summed E-state index contributed by atoms with van der Waals surface area (Å²) >= 11 is 1.34. The molecule has 192 valence electrons. The number of anilines is 1. The van der Waals surface area contributed by atoms with Crippen LogP contribution in [-0.2, 0) is 17.8 Å². The highest BCUT2D eigenvalue weighted by Gasteiger charge is 2.26. The van der Waals surface area contributed by atoms with Gasteiger partial charge < -0.3 is 19.9 Å². The number of ether oxygens (including phenoxy) is 1. The van der Waals surface area contributed by atoms with Crippen LogP contribution in [0.1, 0.15) is 61.0 Å². The first-order valence-corrected chi connectivity index (χ1v) is 13.2. The fraction of sp³-hybridized carbons (Fsp3) is 0.407. The molecule has 0 radical (unpaired) electrons. The summed E-state index contributed by atoms with van der Waals surface area (Å²) in [5.74, 6) is 1.36. The number of para-hydroxylation sites is 1. The van der Waals surface area contributed by atoms with Gasteiger partial charge in [-0.25, -0.2) is 0 Å². The van der Waals surface area contributed by atoms with Crippen LogP contribution in [0.5, 0.6) is 5.75 Å². The van der Waals surface area contributed by atoms with Gasteiger partial charge in [0.25, 0.3) is 5.91 Å². The zero-order valence-electron chi connectivity index (χ0n) is 21.8. The highest BCUT2D eigenvalue weighted by atomic mass is 32.2. The number of hydrogen-bond donors (Lipinski definition) is 2. The Morgan fingerprint density at radius 1 is 1.08 bits per heavy atom. The van der Waals surface area contributed by atoms with Crippen molar-refractivity contribution in [1.82, 2.24) is 20.1 Å². The summed E-state index contributed by atoms with van der Waals surface area (Å²) in [7, 11) is 1.59. The van der Waals surface area contributed by atoms with Gasteiger partial charge in [0.05, 0.1) is 18.9 Å². The van der Waals surface area contributed by atoms with Crippen molar-refractivity contribution in [2.75, 3.05) is 18.2 Å². The average Bonchev–Trinajstić information content (AvgIpc) is 3.29. The Bertz CT molecular complexity index is 1190. The first-order valence-electron chi connectivity index (χ1n) is 12.2. The molecule has 9 heteroatoms. The number of rotatable bonds is 11. The number of nitrogens with one attached hydrogen (secondary N) is 2. The fourth-order valence-corrected chi connectivity index (χ4v) is 4.75. The zero-order valence-corrected chi connectivity index (χ0v) is 22.6. The second kappa shape index (κ2) is 12.6. The van der Waals surface area contributed by atoms with E-state index in [1.54, 1.807) is 31.4 Å². The number of amides is 2. The number of carbonyl (C=O) groups excluding carboxylic acids is 2. The largest absolute Gasteiger partial charge is 0.497 e. The van der Waals surface area contributed by atoms with Gasteiger partial charge in [-0.15, -0.1) is 10.2 Å². The highest BCUT2D eigenvalue weighted by molar-refractivity contribution is 7.99. The van der Waals surface area contributed by atoms with Crippen molar-refractivity contribution in [1.29, 1.82) is 0 Å². The lowest BCUT2D eigenvalue weighted by atomic mass is 10.0. The van der Waals surface area contributed by atoms with Crippen LogP contribution in [0.4, 0.5) is 5.69 Å². The van der Waals surface area contributed by atoms with Gasteiger partial charge in [0.15, 0.2) is 11.0 Å². The maximum absolute atomic E-state index is 12.9. The predicted octanol–water partition coefficient (Wildman–Crippen LogP) is 5.04. The van der Waals surface area contributed by atoms with Gasteiger partial charge in [-0.2, -0.15) is 0 Å². The van der Waals surface area contributed by atoms with Crippen LogP contribution < -0.4 is 15.4 Å². The molecule has 0 fully saturated rings. The third-order valence-corrected chi connectivity index (χ3v) is 6.95. The molecule has 0 saturated carbocycles. The summed E-state index contributed by atoms with van der Waals surface area (Å²) in [5.41, 5.74) is 3.57. The van der Waals surface area contributed by atoms with Gasteiger partial charge in [-0.05, 0) is 61.6 Å². The summed E-state index contributed by atoms with van der Waals surface area (Å²) in [6, 6.07) is 12.7. The van der Waals surface area contributed by atoms with Gasteiger partial charge in [-0.3, -0.25) is 9.59 Å². The van der Waals surface area contributed by atoms with Crippen LogP contribution in [0.2, 0.25) is 0 Å². The highest BCUT2D eigenvalue weighted by Crippen LogP contribution is 2.27. The van der Waals surface area contributed by atoms with E-state index in [0.717, 1.165) is 23.2 Å². The summed E-state index contributed by atoms with van der Waals surface area (Å²) in [5, 5.41) is 15.6. The summed E-state index contributed by atoms with van der Waals surface area (Å²) < 4.78 is 7.14. The molecule has 0 bridgehead atoms. The average molecular weight is 510 g/mol. The van der Waals surface area contributed by atoms with E-state index in [1.165, 1.54) is 11.8 Å². The van der Waals surface area contributed by atoms with Gasteiger partial charge in [0.2, 0.25) is 5.91 Å². The second-order valence-corrected chi connectivity index (χ2v) is 9.75. The summed E-state index contributed by atoms with van der Waals surface area (Å²) in [6.07, 6.45) is 0.844. The Hall–Kier alpha value is -3.33. The molecule has 3 rings (SSSR count). The SMILES string of the molecule is CCc1cccc(C)c1NC(=O)CSc1nnc([C@H](NC(=O)c2ccc(OC)cc2)C(C)C)n1CC. The third kappa shape index (κ3) is 6.46. The second-order valence-electron chi connectivity index (χ2n) is 8.81. The minimum atomic E-state index is -0.339. The standard InChI is InChI=1S/C27H35N5O3S/c1-7-19-11-9-10-18(5)24(19)28-22(33)16-36-27-31-30-25(32(27)8-2)23(17(3)4)29-26(34)20-12-14-21(35-6)15-13-20/h9-15,17,23H,7-8,16H2,1-6H3,(H,28,33)(H,29,34)/t23-/m1/s1. The molecule has 0 aliphatic carbocycles. The predicted molar refractivity (Wildman–Crippen MR) is 144 cm³/mol. The number of thioether (sulfide) groups is 1. The van der Waals surface area contributed by atoms with E-state index in [9.17, 15) is 9.59 Å². The Kier molecular flexibility index (Phi) is 9.52. The molecule has 8 nitrogen and oxygen atoms in total. The number of methoxy groups -OCH3 is 1. The molecule has 1 heterocycles. The lowest BCUT2D eigenvalue weighted by molar-refractivity contribution is -0.113. The number of nitrogens with zero attached hydrogens (tertiary/aromatic N) is 3. The molecule has 2 aromatic carbocycles. The number of aryl methyl sites for hydroxylation is 2. The lowest BCUT2D eigenvalue weighted by Crippen LogP contribution is -2.33. The van der Waals surface area contributed by atoms with Gasteiger partial charge in [0, 0.05) is 17.8 Å². The molecule has 1 aromatic heterocycles. The first-order chi connectivity index (χ1) is 17.3. The Balaban J connectivity index is 1.72. The molecule has 1 atom stereocenters. The molecule has 2 amide bonds. The van der Waals surface area contributed by atoms with Crippen molar-refractivity contribution in [3.05, 3.63) is 65.0 Å². The minimum Gasteiger partial charge on any atom is -0.497 e. The van der Waals surface area contributed by atoms with Crippen LogP contribution in [-0.4, -0.2) is 39.4 Å². The van der Waals surface area contributed by atoms with Crippen molar-refractivity contribution in [2.45, 2.75) is 58.8 Å². The molecule has 0 unspecified atom stereocenters. The van der Waals surface area contributed by atoms with E-state index in [4.69, 9.17) is 4.74 Å². The Labute approximate surface area is 217 Å². The van der Waals surface area contributed by atoms with Crippen LogP contribution in [0.15, 0.2) is 47.6 Å². The van der Waals surface area contributed by atoms with Gasteiger partial charge in [0.1, 0.15) is 5.75 Å². The van der Waals surface area contributed by atoms with E-state index < -0.39 is 0 Å². The van der Waals surface area contributed by atoms with E-state index in [0.29, 0.717) is 28.8 Å². The Morgan fingerprint density at radius 2 is 1.81 bits per heavy atom. The molecule has 0 spiro atoms. The van der Waals surface area contributed by atoms with Crippen molar-refractivity contribution < 1.29 is 14.3 Å². The van der Waals surface area contributed by atoms with Crippen molar-refractivity contribution in [2.24, 2.45) is 5.92 Å². The number of carbonyl (C=O) groups is 2. The molecule has 0 aliphatic rings. The summed E-state index contributed by atoms with van der Waals surface area (Å²) in [6.45, 7) is 10.7. The normalized spacial score (nSPS) is 11.9. The third-order valence-electron chi connectivity index (χ3n) is 5.98.